The summed E-state index contributed by atoms with van der Waals surface area (Å²) < 4.78 is 0. The molecule has 6 heteroatoms. The van der Waals surface area contributed by atoms with Gasteiger partial charge in [0.15, 0.2) is 0 Å². The van der Waals surface area contributed by atoms with E-state index in [9.17, 15) is 14.9 Å². The lowest BCUT2D eigenvalue weighted by molar-refractivity contribution is -0.384. The Morgan fingerprint density at radius 3 is 2.40 bits per heavy atom. The summed E-state index contributed by atoms with van der Waals surface area (Å²) in [6.07, 6.45) is 0. The molecule has 25 heavy (non-hydrogen) atoms. The average molecular weight is 341 g/mol. The lowest BCUT2D eigenvalue weighted by Gasteiger charge is -2.25. The van der Waals surface area contributed by atoms with Gasteiger partial charge in [0.1, 0.15) is 5.69 Å². The number of benzene rings is 2. The van der Waals surface area contributed by atoms with Gasteiger partial charge in [-0.3, -0.25) is 14.9 Å². The lowest BCUT2D eigenvalue weighted by atomic mass is 9.92. The molecule has 1 atom stereocenters. The number of hydrogen-bond donors (Lipinski definition) is 2. The van der Waals surface area contributed by atoms with Gasteiger partial charge in [-0.2, -0.15) is 0 Å². The summed E-state index contributed by atoms with van der Waals surface area (Å²) in [5, 5.41) is 17.2. The maximum Gasteiger partial charge on any atom is 0.293 e. The Kier molecular flexibility index (Phi) is 5.75. The molecule has 1 unspecified atom stereocenters. The first kappa shape index (κ1) is 18.4. The van der Waals surface area contributed by atoms with Crippen molar-refractivity contribution in [2.75, 3.05) is 12.4 Å². The number of rotatable bonds is 6. The van der Waals surface area contributed by atoms with Gasteiger partial charge >= 0.3 is 0 Å². The van der Waals surface area contributed by atoms with Gasteiger partial charge in [-0.15, -0.1) is 0 Å². The maximum atomic E-state index is 11.7. The second-order valence-electron chi connectivity index (χ2n) is 6.29. The van der Waals surface area contributed by atoms with Gasteiger partial charge in [0.2, 0.25) is 0 Å². The van der Waals surface area contributed by atoms with Crippen LogP contribution in [0.25, 0.3) is 0 Å². The van der Waals surface area contributed by atoms with Crippen molar-refractivity contribution in [2.45, 2.75) is 26.8 Å². The van der Waals surface area contributed by atoms with E-state index in [4.69, 9.17) is 0 Å². The molecule has 0 saturated carbocycles. The number of nitro groups is 1. The normalized spacial score (nSPS) is 11.9. The fourth-order valence-corrected chi connectivity index (χ4v) is 2.80. The van der Waals surface area contributed by atoms with Crippen LogP contribution in [-0.2, 0) is 0 Å². The van der Waals surface area contributed by atoms with Crippen LogP contribution in [0.3, 0.4) is 0 Å². The van der Waals surface area contributed by atoms with E-state index in [1.54, 1.807) is 12.1 Å². The highest BCUT2D eigenvalue weighted by atomic mass is 16.6. The zero-order valence-corrected chi connectivity index (χ0v) is 14.9. The molecule has 0 fully saturated rings. The third kappa shape index (κ3) is 4.15. The standard InChI is InChI=1S/C19H23N3O3/c1-12(2)18(15-8-6-5-7-13(15)3)21-16-10-9-14(19(23)20-4)11-17(16)22(24)25/h5-12,18,21H,1-4H3,(H,20,23). The Hall–Kier alpha value is -2.89. The molecular formula is C19H23N3O3. The lowest BCUT2D eigenvalue weighted by Crippen LogP contribution is -2.20. The third-order valence-corrected chi connectivity index (χ3v) is 4.18. The number of hydrogen-bond acceptors (Lipinski definition) is 4. The zero-order chi connectivity index (χ0) is 18.6. The molecule has 2 aromatic carbocycles. The van der Waals surface area contributed by atoms with Crippen molar-refractivity contribution in [2.24, 2.45) is 5.92 Å². The van der Waals surface area contributed by atoms with E-state index in [0.29, 0.717) is 5.69 Å². The molecule has 0 heterocycles. The van der Waals surface area contributed by atoms with Gasteiger partial charge in [0.05, 0.1) is 11.0 Å². The quantitative estimate of drug-likeness (QED) is 0.613. The summed E-state index contributed by atoms with van der Waals surface area (Å²) in [5.41, 5.74) is 2.78. The largest absolute Gasteiger partial charge is 0.372 e. The molecule has 2 rings (SSSR count). The summed E-state index contributed by atoms with van der Waals surface area (Å²) in [7, 11) is 1.49. The second kappa shape index (κ2) is 7.79. The number of nitrogens with zero attached hydrogens (tertiary/aromatic N) is 1. The molecule has 0 aliphatic heterocycles. The summed E-state index contributed by atoms with van der Waals surface area (Å²) >= 11 is 0. The van der Waals surface area contributed by atoms with E-state index in [1.807, 2.05) is 31.2 Å². The van der Waals surface area contributed by atoms with Crippen molar-refractivity contribution in [3.8, 4) is 0 Å². The highest BCUT2D eigenvalue weighted by molar-refractivity contribution is 5.95. The van der Waals surface area contributed by atoms with Crippen LogP contribution in [0.5, 0.6) is 0 Å². The van der Waals surface area contributed by atoms with Crippen molar-refractivity contribution >= 4 is 17.3 Å². The summed E-state index contributed by atoms with van der Waals surface area (Å²) in [5.74, 6) is -0.131. The molecule has 0 aliphatic carbocycles. The minimum Gasteiger partial charge on any atom is -0.372 e. The van der Waals surface area contributed by atoms with E-state index in [1.165, 1.54) is 13.1 Å². The first-order valence-electron chi connectivity index (χ1n) is 8.17. The Labute approximate surface area is 147 Å². The molecule has 0 radical (unpaired) electrons. The molecular weight excluding hydrogens is 318 g/mol. The minimum absolute atomic E-state index is 0.0780. The van der Waals surface area contributed by atoms with Crippen LogP contribution in [0.15, 0.2) is 42.5 Å². The van der Waals surface area contributed by atoms with E-state index < -0.39 is 4.92 Å². The van der Waals surface area contributed by atoms with E-state index >= 15 is 0 Å². The van der Waals surface area contributed by atoms with Crippen molar-refractivity contribution in [1.82, 2.24) is 5.32 Å². The van der Waals surface area contributed by atoms with Gasteiger partial charge in [-0.1, -0.05) is 38.1 Å². The molecule has 0 spiro atoms. The summed E-state index contributed by atoms with van der Waals surface area (Å²) in [6.45, 7) is 6.15. The van der Waals surface area contributed by atoms with Gasteiger partial charge in [0.25, 0.3) is 11.6 Å². The van der Waals surface area contributed by atoms with Gasteiger partial charge in [0, 0.05) is 18.7 Å². The number of carbonyl (C=O) groups excluding carboxylic acids is 1. The second-order valence-corrected chi connectivity index (χ2v) is 6.29. The number of nitrogens with one attached hydrogen (secondary N) is 2. The van der Waals surface area contributed by atoms with Crippen LogP contribution in [0.1, 0.15) is 41.4 Å². The van der Waals surface area contributed by atoms with Crippen LogP contribution in [0.4, 0.5) is 11.4 Å². The number of nitro benzene ring substituents is 1. The van der Waals surface area contributed by atoms with Crippen LogP contribution < -0.4 is 10.6 Å². The number of aryl methyl sites for hydroxylation is 1. The van der Waals surface area contributed by atoms with Crippen molar-refractivity contribution in [3.63, 3.8) is 0 Å². The number of carbonyl (C=O) groups is 1. The van der Waals surface area contributed by atoms with Gasteiger partial charge in [-0.25, -0.2) is 0 Å². The average Bonchev–Trinajstić information content (AvgIpc) is 2.59. The maximum absolute atomic E-state index is 11.7. The Balaban J connectivity index is 2.44. The Morgan fingerprint density at radius 2 is 1.84 bits per heavy atom. The van der Waals surface area contributed by atoms with Crippen LogP contribution >= 0.6 is 0 Å². The first-order valence-corrected chi connectivity index (χ1v) is 8.17. The minimum atomic E-state index is -0.468. The van der Waals surface area contributed by atoms with E-state index in [2.05, 4.69) is 24.5 Å². The van der Waals surface area contributed by atoms with E-state index in [0.717, 1.165) is 11.1 Å². The number of amides is 1. The molecule has 1 amide bonds. The van der Waals surface area contributed by atoms with Gasteiger partial charge < -0.3 is 10.6 Å². The predicted molar refractivity (Wildman–Crippen MR) is 98.9 cm³/mol. The molecule has 0 aromatic heterocycles. The third-order valence-electron chi connectivity index (χ3n) is 4.18. The molecule has 0 bridgehead atoms. The highest BCUT2D eigenvalue weighted by Gasteiger charge is 2.23. The highest BCUT2D eigenvalue weighted by Crippen LogP contribution is 2.33. The fourth-order valence-electron chi connectivity index (χ4n) is 2.80. The predicted octanol–water partition coefficient (Wildman–Crippen LogP) is 4.07. The van der Waals surface area contributed by atoms with Crippen molar-refractivity contribution in [1.29, 1.82) is 0 Å². The molecule has 2 aromatic rings. The van der Waals surface area contributed by atoms with E-state index in [-0.39, 0.29) is 29.1 Å². The first-order chi connectivity index (χ1) is 11.8. The van der Waals surface area contributed by atoms with Crippen LogP contribution in [0.2, 0.25) is 0 Å². The monoisotopic (exact) mass is 341 g/mol. The van der Waals surface area contributed by atoms with Gasteiger partial charge in [-0.05, 0) is 36.1 Å². The SMILES string of the molecule is CNC(=O)c1ccc(NC(c2ccccc2C)C(C)C)c([N+](=O)[O-])c1. The van der Waals surface area contributed by atoms with Crippen LogP contribution in [-0.4, -0.2) is 17.9 Å². The topological polar surface area (TPSA) is 84.3 Å². The Morgan fingerprint density at radius 1 is 1.16 bits per heavy atom. The van der Waals surface area contributed by atoms with Crippen molar-refractivity contribution < 1.29 is 9.72 Å². The molecule has 6 nitrogen and oxygen atoms in total. The molecule has 132 valence electrons. The van der Waals surface area contributed by atoms with Crippen LogP contribution in [0, 0.1) is 23.0 Å². The zero-order valence-electron chi connectivity index (χ0n) is 14.9. The molecule has 2 N–H and O–H groups in total. The Bertz CT molecular complexity index is 787. The number of anilines is 1. The molecule has 0 saturated heterocycles. The van der Waals surface area contributed by atoms with Crippen molar-refractivity contribution in [3.05, 3.63) is 69.3 Å². The molecule has 0 aliphatic rings. The summed E-state index contributed by atoms with van der Waals surface area (Å²) in [6, 6.07) is 12.4. The fraction of sp³-hybridized carbons (Fsp3) is 0.316. The smallest absolute Gasteiger partial charge is 0.293 e. The summed E-state index contributed by atoms with van der Waals surface area (Å²) in [4.78, 5) is 22.7.